The lowest BCUT2D eigenvalue weighted by atomic mass is 10.0. The van der Waals surface area contributed by atoms with Gasteiger partial charge in [0.15, 0.2) is 11.5 Å². The fourth-order valence-corrected chi connectivity index (χ4v) is 2.09. The van der Waals surface area contributed by atoms with E-state index in [0.717, 1.165) is 12.0 Å². The van der Waals surface area contributed by atoms with Crippen molar-refractivity contribution in [2.24, 2.45) is 5.73 Å². The molecule has 1 aromatic carbocycles. The zero-order valence-corrected chi connectivity index (χ0v) is 13.2. The first kappa shape index (κ1) is 17.1. The average molecular weight is 302 g/mol. The van der Waals surface area contributed by atoms with Gasteiger partial charge in [-0.05, 0) is 25.8 Å². The molecule has 0 aromatic heterocycles. The maximum atomic E-state index is 6.11. The smallest absolute Gasteiger partial charge is 0.164 e. The van der Waals surface area contributed by atoms with Gasteiger partial charge < -0.3 is 19.9 Å². The molecule has 0 fully saturated rings. The number of methoxy groups -OCH3 is 1. The molecule has 1 aromatic rings. The first-order valence-corrected chi connectivity index (χ1v) is 7.32. The van der Waals surface area contributed by atoms with Crippen molar-refractivity contribution in [1.29, 1.82) is 0 Å². The van der Waals surface area contributed by atoms with Crippen molar-refractivity contribution in [2.75, 3.05) is 26.9 Å². The van der Waals surface area contributed by atoms with Crippen LogP contribution in [0, 0.1) is 0 Å². The van der Waals surface area contributed by atoms with Crippen molar-refractivity contribution in [3.05, 3.63) is 22.7 Å². The van der Waals surface area contributed by atoms with Crippen LogP contribution >= 0.6 is 11.6 Å². The lowest BCUT2D eigenvalue weighted by Gasteiger charge is -2.17. The number of nitrogens with two attached hydrogens (primary N) is 1. The minimum absolute atomic E-state index is 0.0763. The van der Waals surface area contributed by atoms with Crippen LogP contribution in [0.15, 0.2) is 12.1 Å². The molecule has 0 heterocycles. The molecule has 2 N–H and O–H groups in total. The SMILES string of the molecule is CCOCCOc1c(CC(N)CC)cc(Cl)cc1OC. The summed E-state index contributed by atoms with van der Waals surface area (Å²) >= 11 is 6.11. The number of halogens is 1. The summed E-state index contributed by atoms with van der Waals surface area (Å²) in [5.41, 5.74) is 7.00. The first-order chi connectivity index (χ1) is 9.62. The van der Waals surface area contributed by atoms with E-state index >= 15 is 0 Å². The predicted molar refractivity (Wildman–Crippen MR) is 82.0 cm³/mol. The lowest BCUT2D eigenvalue weighted by Crippen LogP contribution is -2.22. The highest BCUT2D eigenvalue weighted by atomic mass is 35.5. The zero-order chi connectivity index (χ0) is 15.0. The van der Waals surface area contributed by atoms with Crippen molar-refractivity contribution in [3.63, 3.8) is 0 Å². The molecule has 0 amide bonds. The van der Waals surface area contributed by atoms with E-state index in [4.69, 9.17) is 31.5 Å². The maximum absolute atomic E-state index is 6.11. The van der Waals surface area contributed by atoms with Gasteiger partial charge in [-0.2, -0.15) is 0 Å². The molecule has 0 aliphatic rings. The zero-order valence-electron chi connectivity index (χ0n) is 12.4. The Bertz CT molecular complexity index is 412. The third kappa shape index (κ3) is 5.19. The Morgan fingerprint density at radius 2 is 2.00 bits per heavy atom. The minimum atomic E-state index is 0.0763. The van der Waals surface area contributed by atoms with Gasteiger partial charge in [0.1, 0.15) is 6.61 Å². The molecular formula is C15H24ClNO3. The Labute approximate surface area is 126 Å². The highest BCUT2D eigenvalue weighted by Crippen LogP contribution is 2.35. The van der Waals surface area contributed by atoms with Gasteiger partial charge in [-0.25, -0.2) is 0 Å². The quantitative estimate of drug-likeness (QED) is 0.712. The fraction of sp³-hybridized carbons (Fsp3) is 0.600. The maximum Gasteiger partial charge on any atom is 0.164 e. The van der Waals surface area contributed by atoms with Crippen LogP contribution in [0.2, 0.25) is 5.02 Å². The van der Waals surface area contributed by atoms with E-state index in [2.05, 4.69) is 6.92 Å². The molecule has 5 heteroatoms. The van der Waals surface area contributed by atoms with Gasteiger partial charge >= 0.3 is 0 Å². The van der Waals surface area contributed by atoms with Crippen LogP contribution in [0.3, 0.4) is 0 Å². The van der Waals surface area contributed by atoms with E-state index in [-0.39, 0.29) is 6.04 Å². The second-order valence-electron chi connectivity index (χ2n) is 4.51. The third-order valence-corrected chi connectivity index (χ3v) is 3.22. The molecular weight excluding hydrogens is 278 g/mol. The topological polar surface area (TPSA) is 53.7 Å². The molecule has 1 rings (SSSR count). The van der Waals surface area contributed by atoms with E-state index < -0.39 is 0 Å². The monoisotopic (exact) mass is 301 g/mol. The summed E-state index contributed by atoms with van der Waals surface area (Å²) in [4.78, 5) is 0. The molecule has 0 aliphatic carbocycles. The van der Waals surface area contributed by atoms with Crippen LogP contribution in [0.1, 0.15) is 25.8 Å². The standard InChI is InChI=1S/C15H24ClNO3/c1-4-13(17)9-11-8-12(16)10-14(18-3)15(11)20-7-6-19-5-2/h8,10,13H,4-7,9,17H2,1-3H3. The summed E-state index contributed by atoms with van der Waals surface area (Å²) in [7, 11) is 1.60. The Balaban J connectivity index is 2.90. The van der Waals surface area contributed by atoms with Crippen LogP contribution in [0.25, 0.3) is 0 Å². The Kier molecular flexibility index (Phi) is 7.73. The van der Waals surface area contributed by atoms with E-state index in [9.17, 15) is 0 Å². The molecule has 0 spiro atoms. The van der Waals surface area contributed by atoms with Gasteiger partial charge in [0.2, 0.25) is 0 Å². The second kappa shape index (κ2) is 9.06. The van der Waals surface area contributed by atoms with Crippen LogP contribution in [-0.2, 0) is 11.2 Å². The number of ether oxygens (including phenoxy) is 3. The first-order valence-electron chi connectivity index (χ1n) is 6.94. The van der Waals surface area contributed by atoms with E-state index in [1.807, 2.05) is 13.0 Å². The molecule has 1 atom stereocenters. The number of hydrogen-bond donors (Lipinski definition) is 1. The molecule has 0 radical (unpaired) electrons. The van der Waals surface area contributed by atoms with E-state index in [1.165, 1.54) is 0 Å². The number of hydrogen-bond acceptors (Lipinski definition) is 4. The summed E-state index contributed by atoms with van der Waals surface area (Å²) in [5.74, 6) is 1.34. The van der Waals surface area contributed by atoms with Gasteiger partial charge in [-0.15, -0.1) is 0 Å². The molecule has 1 unspecified atom stereocenters. The van der Waals surface area contributed by atoms with Gasteiger partial charge in [0, 0.05) is 29.3 Å². The normalized spacial score (nSPS) is 12.2. The molecule has 0 saturated carbocycles. The van der Waals surface area contributed by atoms with E-state index in [1.54, 1.807) is 13.2 Å². The summed E-state index contributed by atoms with van der Waals surface area (Å²) in [6, 6.07) is 3.71. The van der Waals surface area contributed by atoms with Gasteiger partial charge in [0.25, 0.3) is 0 Å². The van der Waals surface area contributed by atoms with E-state index in [0.29, 0.717) is 42.8 Å². The summed E-state index contributed by atoms with van der Waals surface area (Å²) in [6.07, 6.45) is 1.60. The number of rotatable bonds is 9. The van der Waals surface area contributed by atoms with Crippen molar-refractivity contribution in [1.82, 2.24) is 0 Å². The van der Waals surface area contributed by atoms with Gasteiger partial charge in [-0.1, -0.05) is 18.5 Å². The molecule has 0 saturated heterocycles. The average Bonchev–Trinajstić information content (AvgIpc) is 2.44. The highest BCUT2D eigenvalue weighted by Gasteiger charge is 2.15. The highest BCUT2D eigenvalue weighted by molar-refractivity contribution is 6.30. The molecule has 4 nitrogen and oxygen atoms in total. The Hall–Kier alpha value is -0.970. The van der Waals surface area contributed by atoms with Crippen LogP contribution < -0.4 is 15.2 Å². The van der Waals surface area contributed by atoms with Crippen LogP contribution in [0.5, 0.6) is 11.5 Å². The van der Waals surface area contributed by atoms with Crippen molar-refractivity contribution in [2.45, 2.75) is 32.7 Å². The van der Waals surface area contributed by atoms with Gasteiger partial charge in [0.05, 0.1) is 13.7 Å². The minimum Gasteiger partial charge on any atom is -0.493 e. The summed E-state index contributed by atoms with van der Waals surface area (Å²) in [6.45, 7) is 5.70. The summed E-state index contributed by atoms with van der Waals surface area (Å²) in [5, 5.41) is 0.623. The Morgan fingerprint density at radius 3 is 2.60 bits per heavy atom. The van der Waals surface area contributed by atoms with Crippen molar-refractivity contribution < 1.29 is 14.2 Å². The summed E-state index contributed by atoms with van der Waals surface area (Å²) < 4.78 is 16.4. The van der Waals surface area contributed by atoms with Crippen LogP contribution in [-0.4, -0.2) is 33.0 Å². The van der Waals surface area contributed by atoms with Crippen LogP contribution in [0.4, 0.5) is 0 Å². The lowest BCUT2D eigenvalue weighted by molar-refractivity contribution is 0.108. The molecule has 20 heavy (non-hydrogen) atoms. The number of benzene rings is 1. The molecule has 0 aliphatic heterocycles. The largest absolute Gasteiger partial charge is 0.493 e. The van der Waals surface area contributed by atoms with Crippen molar-refractivity contribution in [3.8, 4) is 11.5 Å². The van der Waals surface area contributed by atoms with Gasteiger partial charge in [-0.3, -0.25) is 0 Å². The molecule has 114 valence electrons. The fourth-order valence-electron chi connectivity index (χ4n) is 1.86. The Morgan fingerprint density at radius 1 is 1.25 bits per heavy atom. The predicted octanol–water partition coefficient (Wildman–Crippen LogP) is 3.04. The third-order valence-electron chi connectivity index (χ3n) is 3.00. The van der Waals surface area contributed by atoms with Crippen molar-refractivity contribution >= 4 is 11.6 Å². The second-order valence-corrected chi connectivity index (χ2v) is 4.95. The molecule has 0 bridgehead atoms.